The highest BCUT2D eigenvalue weighted by Gasteiger charge is 2.36. The highest BCUT2D eigenvalue weighted by molar-refractivity contribution is 8.00. The molecule has 1 N–H and O–H groups in total. The first-order chi connectivity index (χ1) is 10.6. The predicted molar refractivity (Wildman–Crippen MR) is 74.3 cm³/mol. The third-order valence-corrected chi connectivity index (χ3v) is 4.64. The summed E-state index contributed by atoms with van der Waals surface area (Å²) in [6.45, 7) is -1.26. The van der Waals surface area contributed by atoms with Crippen LogP contribution in [0.25, 0.3) is 0 Å². The van der Waals surface area contributed by atoms with Gasteiger partial charge in [-0.15, -0.1) is 0 Å². The zero-order valence-corrected chi connectivity index (χ0v) is 12.0. The Bertz CT molecular complexity index is 707. The van der Waals surface area contributed by atoms with Crippen LogP contribution in [0.3, 0.4) is 0 Å². The molecule has 0 bridgehead atoms. The van der Waals surface area contributed by atoms with E-state index in [9.17, 15) is 31.4 Å². The molecule has 0 spiro atoms. The van der Waals surface area contributed by atoms with Gasteiger partial charge in [0.15, 0.2) is 0 Å². The molecule has 0 saturated carbocycles. The summed E-state index contributed by atoms with van der Waals surface area (Å²) in [5.41, 5.74) is -1.33. The molecular weight excluding hydrogens is 341 g/mol. The van der Waals surface area contributed by atoms with Crippen molar-refractivity contribution < 1.29 is 31.4 Å². The Hall–Kier alpha value is -1.61. The lowest BCUT2D eigenvalue weighted by molar-refractivity contribution is -0.138. The van der Waals surface area contributed by atoms with Gasteiger partial charge in [-0.2, -0.15) is 26.3 Å². The summed E-state index contributed by atoms with van der Waals surface area (Å²) in [6.07, 6.45) is -9.12. The van der Waals surface area contributed by atoms with Crippen LogP contribution in [0.5, 0.6) is 0 Å². The van der Waals surface area contributed by atoms with E-state index in [1.165, 1.54) is 0 Å². The minimum atomic E-state index is -4.56. The third-order valence-electron chi connectivity index (χ3n) is 3.49. The quantitative estimate of drug-likeness (QED) is 0.583. The maximum atomic E-state index is 12.8. The van der Waals surface area contributed by atoms with Crippen molar-refractivity contribution in [1.82, 2.24) is 0 Å². The fraction of sp³-hybridized carbons (Fsp3) is 0.143. The SMILES string of the molecule is OB1c2ccc(C(F)(F)F)cc2Sc2cc(C(F)(F)F)ccc21. The minimum absolute atomic E-state index is 0.0964. The molecular formula is C14H7BF6OS. The molecule has 0 aliphatic carbocycles. The lowest BCUT2D eigenvalue weighted by atomic mass is 9.55. The zero-order chi connectivity index (χ0) is 17.0. The molecule has 3 rings (SSSR count). The first-order valence-corrected chi connectivity index (χ1v) is 7.17. The van der Waals surface area contributed by atoms with Gasteiger partial charge in [0.05, 0.1) is 11.1 Å². The maximum absolute atomic E-state index is 12.8. The molecule has 1 aliphatic heterocycles. The normalized spacial score (nSPS) is 14.5. The summed E-state index contributed by atoms with van der Waals surface area (Å²) in [7, 11) is 0. The summed E-state index contributed by atoms with van der Waals surface area (Å²) in [6, 6.07) is 5.67. The van der Waals surface area contributed by atoms with Gasteiger partial charge < -0.3 is 5.02 Å². The van der Waals surface area contributed by atoms with Gasteiger partial charge in [0, 0.05) is 9.79 Å². The van der Waals surface area contributed by atoms with E-state index in [2.05, 4.69) is 0 Å². The molecule has 0 fully saturated rings. The molecule has 1 nitrogen and oxygen atoms in total. The Labute approximate surface area is 131 Å². The first-order valence-electron chi connectivity index (χ1n) is 6.35. The zero-order valence-electron chi connectivity index (χ0n) is 11.2. The highest BCUT2D eigenvalue weighted by atomic mass is 32.2. The standard InChI is InChI=1S/C14H7BF6OS/c16-13(17,18)7-1-3-9-11(5-7)23-12-6-8(14(19,20)21)2-4-10(12)15(9)22/h1-6,22H. The smallest absolute Gasteiger partial charge is 0.416 e. The van der Waals surface area contributed by atoms with Crippen LogP contribution in [-0.2, 0) is 12.4 Å². The fourth-order valence-corrected chi connectivity index (χ4v) is 3.54. The van der Waals surface area contributed by atoms with Crippen molar-refractivity contribution in [3.63, 3.8) is 0 Å². The minimum Gasteiger partial charge on any atom is -0.443 e. The van der Waals surface area contributed by atoms with Crippen molar-refractivity contribution in [3.05, 3.63) is 47.5 Å². The van der Waals surface area contributed by atoms with Crippen molar-refractivity contribution in [1.29, 1.82) is 0 Å². The number of benzene rings is 2. The number of alkyl halides is 6. The molecule has 0 aromatic heterocycles. The Kier molecular flexibility index (Phi) is 3.68. The lowest BCUT2D eigenvalue weighted by Crippen LogP contribution is -2.47. The van der Waals surface area contributed by atoms with Gasteiger partial charge in [-0.3, -0.25) is 0 Å². The number of halogens is 6. The lowest BCUT2D eigenvalue weighted by Gasteiger charge is -2.23. The van der Waals surface area contributed by atoms with Gasteiger partial charge in [0.1, 0.15) is 0 Å². The fourth-order valence-electron chi connectivity index (χ4n) is 2.34. The van der Waals surface area contributed by atoms with Crippen LogP contribution < -0.4 is 10.9 Å². The molecule has 0 amide bonds. The molecule has 9 heteroatoms. The van der Waals surface area contributed by atoms with Crippen LogP contribution in [0.2, 0.25) is 0 Å². The average molecular weight is 348 g/mol. The van der Waals surface area contributed by atoms with Gasteiger partial charge in [0.25, 0.3) is 0 Å². The van der Waals surface area contributed by atoms with Crippen molar-refractivity contribution in [3.8, 4) is 0 Å². The molecule has 0 radical (unpaired) electrons. The molecule has 120 valence electrons. The monoisotopic (exact) mass is 348 g/mol. The average Bonchev–Trinajstić information content (AvgIpc) is 2.44. The number of rotatable bonds is 0. The highest BCUT2D eigenvalue weighted by Crippen LogP contribution is 2.37. The van der Waals surface area contributed by atoms with E-state index in [-0.39, 0.29) is 20.7 Å². The molecule has 23 heavy (non-hydrogen) atoms. The van der Waals surface area contributed by atoms with E-state index in [1.807, 2.05) is 0 Å². The maximum Gasteiger partial charge on any atom is 0.416 e. The van der Waals surface area contributed by atoms with E-state index in [0.717, 1.165) is 48.2 Å². The van der Waals surface area contributed by atoms with Gasteiger partial charge in [-0.25, -0.2) is 0 Å². The van der Waals surface area contributed by atoms with Crippen LogP contribution in [-0.4, -0.2) is 11.9 Å². The van der Waals surface area contributed by atoms with Gasteiger partial charge in [0.2, 0.25) is 0 Å². The second-order valence-electron chi connectivity index (χ2n) is 5.01. The van der Waals surface area contributed by atoms with Crippen LogP contribution in [0.15, 0.2) is 46.2 Å². The summed E-state index contributed by atoms with van der Waals surface area (Å²) >= 11 is 0.787. The van der Waals surface area contributed by atoms with Gasteiger partial charge in [-0.05, 0) is 23.1 Å². The van der Waals surface area contributed by atoms with E-state index in [1.54, 1.807) is 0 Å². The number of hydrogen-bond acceptors (Lipinski definition) is 2. The molecule has 0 saturated heterocycles. The topological polar surface area (TPSA) is 20.2 Å². The van der Waals surface area contributed by atoms with Crippen molar-refractivity contribution >= 4 is 29.6 Å². The van der Waals surface area contributed by atoms with E-state index in [4.69, 9.17) is 0 Å². The number of hydrogen-bond donors (Lipinski definition) is 1. The molecule has 0 unspecified atom stereocenters. The van der Waals surface area contributed by atoms with E-state index < -0.39 is 30.4 Å². The summed E-state index contributed by atoms with van der Waals surface area (Å²) < 4.78 is 76.5. The Morgan fingerprint density at radius 2 is 1.13 bits per heavy atom. The molecule has 2 aromatic rings. The molecule has 1 heterocycles. The summed E-state index contributed by atoms with van der Waals surface area (Å²) in [4.78, 5) is 0.193. The second kappa shape index (κ2) is 5.20. The van der Waals surface area contributed by atoms with Crippen molar-refractivity contribution in [2.24, 2.45) is 0 Å². The summed E-state index contributed by atoms with van der Waals surface area (Å²) in [5.74, 6) is 0. The van der Waals surface area contributed by atoms with E-state index in [0.29, 0.717) is 0 Å². The first kappa shape index (κ1) is 16.3. The molecule has 2 aromatic carbocycles. The Morgan fingerprint density at radius 3 is 1.48 bits per heavy atom. The molecule has 1 aliphatic rings. The largest absolute Gasteiger partial charge is 0.443 e. The van der Waals surface area contributed by atoms with Crippen LogP contribution >= 0.6 is 11.8 Å². The third kappa shape index (κ3) is 2.95. The summed E-state index contributed by atoms with van der Waals surface area (Å²) in [5, 5.41) is 10.2. The Morgan fingerprint density at radius 1 is 0.739 bits per heavy atom. The second-order valence-corrected chi connectivity index (χ2v) is 6.09. The molecule has 0 atom stereocenters. The van der Waals surface area contributed by atoms with Crippen molar-refractivity contribution in [2.45, 2.75) is 22.1 Å². The van der Waals surface area contributed by atoms with Crippen LogP contribution in [0.4, 0.5) is 26.3 Å². The van der Waals surface area contributed by atoms with Crippen molar-refractivity contribution in [2.75, 3.05) is 0 Å². The Balaban J connectivity index is 2.08. The predicted octanol–water partition coefficient (Wildman–Crippen LogP) is 3.29. The van der Waals surface area contributed by atoms with Gasteiger partial charge >= 0.3 is 19.3 Å². The number of fused-ring (bicyclic) bond motifs is 2. The van der Waals surface area contributed by atoms with Crippen LogP contribution in [0.1, 0.15) is 11.1 Å². The van der Waals surface area contributed by atoms with E-state index >= 15 is 0 Å². The van der Waals surface area contributed by atoms with Crippen LogP contribution in [0, 0.1) is 0 Å². The van der Waals surface area contributed by atoms with Gasteiger partial charge in [-0.1, -0.05) is 36.0 Å².